The molecule has 0 aliphatic rings. The Bertz CT molecular complexity index is 744. The van der Waals surface area contributed by atoms with E-state index in [4.69, 9.17) is 5.11 Å². The lowest BCUT2D eigenvalue weighted by Gasteiger charge is -2.04. The zero-order valence-corrected chi connectivity index (χ0v) is 9.35. The number of hydrogen-bond donors (Lipinski definition) is 1. The van der Waals surface area contributed by atoms with Crippen LogP contribution >= 0.6 is 0 Å². The molecule has 0 fully saturated rings. The van der Waals surface area contributed by atoms with Crippen molar-refractivity contribution in [2.24, 2.45) is 0 Å². The zero-order valence-electron chi connectivity index (χ0n) is 9.35. The highest BCUT2D eigenvalue weighted by molar-refractivity contribution is 5.85. The first-order valence-electron chi connectivity index (χ1n) is 5.10. The summed E-state index contributed by atoms with van der Waals surface area (Å²) in [4.78, 5) is 18.9. The number of aromatic nitrogens is 6. The lowest BCUT2D eigenvalue weighted by molar-refractivity contribution is 0.0691. The summed E-state index contributed by atoms with van der Waals surface area (Å²) in [6, 6.07) is 0. The van der Waals surface area contributed by atoms with Crippen molar-refractivity contribution in [2.45, 2.75) is 6.92 Å². The van der Waals surface area contributed by atoms with E-state index in [0.717, 1.165) is 5.69 Å². The fraction of sp³-hybridized carbons (Fsp3) is 0.100. The SMILES string of the molecule is Cc1cn2nncc2c(-n2cnc(C(=O)O)c2)n1. The standard InChI is InChI=1S/C10H8N6O2/c1-6-3-16-8(2-12-14-16)9(13-6)15-4-7(10(17)18)11-5-15/h2-5H,1H3,(H,17,18). The van der Waals surface area contributed by atoms with Crippen molar-refractivity contribution in [3.8, 4) is 5.82 Å². The molecule has 0 aliphatic carbocycles. The molecule has 3 rings (SSSR count). The second-order valence-electron chi connectivity index (χ2n) is 3.74. The minimum atomic E-state index is -1.08. The number of imidazole rings is 1. The Labute approximate surface area is 101 Å². The van der Waals surface area contributed by atoms with Crippen LogP contribution in [0.4, 0.5) is 0 Å². The van der Waals surface area contributed by atoms with Crippen molar-refractivity contribution in [1.82, 2.24) is 29.4 Å². The third-order valence-electron chi connectivity index (χ3n) is 2.44. The molecule has 90 valence electrons. The number of carbonyl (C=O) groups is 1. The molecule has 3 aromatic heterocycles. The third kappa shape index (κ3) is 1.51. The van der Waals surface area contributed by atoms with Crippen molar-refractivity contribution in [3.05, 3.63) is 36.3 Å². The Morgan fingerprint density at radius 2 is 2.22 bits per heavy atom. The average molecular weight is 244 g/mol. The lowest BCUT2D eigenvalue weighted by Crippen LogP contribution is -2.02. The highest BCUT2D eigenvalue weighted by Gasteiger charge is 2.12. The first-order chi connectivity index (χ1) is 8.65. The van der Waals surface area contributed by atoms with E-state index in [-0.39, 0.29) is 5.69 Å². The quantitative estimate of drug-likeness (QED) is 0.696. The molecule has 0 bridgehead atoms. The molecule has 0 radical (unpaired) electrons. The summed E-state index contributed by atoms with van der Waals surface area (Å²) in [5.74, 6) is -0.538. The molecular weight excluding hydrogens is 236 g/mol. The van der Waals surface area contributed by atoms with Gasteiger partial charge in [0, 0.05) is 6.20 Å². The number of aromatic carboxylic acids is 1. The smallest absolute Gasteiger partial charge is 0.356 e. The molecule has 0 spiro atoms. The van der Waals surface area contributed by atoms with Crippen LogP contribution in [0.25, 0.3) is 11.3 Å². The van der Waals surface area contributed by atoms with E-state index < -0.39 is 5.97 Å². The number of carboxylic acid groups (broad SMARTS) is 1. The van der Waals surface area contributed by atoms with Gasteiger partial charge in [0.25, 0.3) is 0 Å². The van der Waals surface area contributed by atoms with Gasteiger partial charge in [-0.05, 0) is 6.92 Å². The molecular formula is C10H8N6O2. The van der Waals surface area contributed by atoms with Crippen LogP contribution in [0.15, 0.2) is 24.9 Å². The van der Waals surface area contributed by atoms with Gasteiger partial charge in [0.15, 0.2) is 11.5 Å². The summed E-state index contributed by atoms with van der Waals surface area (Å²) < 4.78 is 3.12. The average Bonchev–Trinajstić information content (AvgIpc) is 2.95. The highest BCUT2D eigenvalue weighted by Crippen LogP contribution is 2.13. The summed E-state index contributed by atoms with van der Waals surface area (Å²) in [7, 11) is 0. The summed E-state index contributed by atoms with van der Waals surface area (Å²) in [6.45, 7) is 1.82. The van der Waals surface area contributed by atoms with Crippen LogP contribution < -0.4 is 0 Å². The van der Waals surface area contributed by atoms with E-state index >= 15 is 0 Å². The van der Waals surface area contributed by atoms with Gasteiger partial charge in [0.1, 0.15) is 11.8 Å². The van der Waals surface area contributed by atoms with Crippen molar-refractivity contribution >= 4 is 11.5 Å². The van der Waals surface area contributed by atoms with E-state index in [2.05, 4.69) is 20.3 Å². The first kappa shape index (κ1) is 10.4. The van der Waals surface area contributed by atoms with E-state index in [1.54, 1.807) is 16.9 Å². The van der Waals surface area contributed by atoms with Crippen molar-refractivity contribution in [1.29, 1.82) is 0 Å². The van der Waals surface area contributed by atoms with Crippen LogP contribution in [-0.4, -0.2) is 40.4 Å². The van der Waals surface area contributed by atoms with Gasteiger partial charge in [0.05, 0.1) is 18.1 Å². The molecule has 0 saturated heterocycles. The fourth-order valence-electron chi connectivity index (χ4n) is 1.67. The molecule has 3 aromatic rings. The third-order valence-corrected chi connectivity index (χ3v) is 2.44. The fourth-order valence-corrected chi connectivity index (χ4v) is 1.67. The van der Waals surface area contributed by atoms with Crippen LogP contribution in [0.3, 0.4) is 0 Å². The number of rotatable bonds is 2. The highest BCUT2D eigenvalue weighted by atomic mass is 16.4. The van der Waals surface area contributed by atoms with Crippen LogP contribution in [0.5, 0.6) is 0 Å². The maximum absolute atomic E-state index is 10.8. The summed E-state index contributed by atoms with van der Waals surface area (Å²) in [5, 5.41) is 16.5. The second kappa shape index (κ2) is 3.62. The topological polar surface area (TPSA) is 98.2 Å². The molecule has 0 saturated carbocycles. The van der Waals surface area contributed by atoms with Gasteiger partial charge in [-0.15, -0.1) is 5.10 Å². The molecule has 0 amide bonds. The summed E-state index contributed by atoms with van der Waals surface area (Å²) in [5.41, 5.74) is 1.38. The van der Waals surface area contributed by atoms with Crippen molar-refractivity contribution < 1.29 is 9.90 Å². The zero-order chi connectivity index (χ0) is 12.7. The Kier molecular flexibility index (Phi) is 2.09. The molecule has 8 nitrogen and oxygen atoms in total. The van der Waals surface area contributed by atoms with E-state index in [0.29, 0.717) is 11.3 Å². The number of carboxylic acids is 1. The number of fused-ring (bicyclic) bond motifs is 1. The largest absolute Gasteiger partial charge is 0.476 e. The second-order valence-corrected chi connectivity index (χ2v) is 3.74. The Hall–Kier alpha value is -2.77. The van der Waals surface area contributed by atoms with Crippen LogP contribution in [0.2, 0.25) is 0 Å². The molecule has 0 aromatic carbocycles. The minimum Gasteiger partial charge on any atom is -0.476 e. The Morgan fingerprint density at radius 1 is 1.39 bits per heavy atom. The monoisotopic (exact) mass is 244 g/mol. The van der Waals surface area contributed by atoms with Crippen LogP contribution in [0.1, 0.15) is 16.2 Å². The first-order valence-corrected chi connectivity index (χ1v) is 5.10. The van der Waals surface area contributed by atoms with Crippen LogP contribution in [-0.2, 0) is 0 Å². The van der Waals surface area contributed by atoms with Gasteiger partial charge >= 0.3 is 5.97 Å². The van der Waals surface area contributed by atoms with E-state index in [1.807, 2.05) is 6.92 Å². The molecule has 0 atom stereocenters. The molecule has 0 aliphatic heterocycles. The van der Waals surface area contributed by atoms with Gasteiger partial charge in [0.2, 0.25) is 0 Å². The van der Waals surface area contributed by atoms with Crippen molar-refractivity contribution in [2.75, 3.05) is 0 Å². The van der Waals surface area contributed by atoms with Gasteiger partial charge < -0.3 is 5.11 Å². The van der Waals surface area contributed by atoms with Crippen molar-refractivity contribution in [3.63, 3.8) is 0 Å². The van der Waals surface area contributed by atoms with Gasteiger partial charge in [-0.25, -0.2) is 19.3 Å². The van der Waals surface area contributed by atoms with E-state index in [1.165, 1.54) is 17.1 Å². The molecule has 0 unspecified atom stereocenters. The van der Waals surface area contributed by atoms with Crippen LogP contribution in [0, 0.1) is 6.92 Å². The normalized spacial score (nSPS) is 10.9. The Morgan fingerprint density at radius 3 is 2.94 bits per heavy atom. The molecule has 8 heteroatoms. The predicted molar refractivity (Wildman–Crippen MR) is 59.6 cm³/mol. The van der Waals surface area contributed by atoms with Gasteiger partial charge in [-0.1, -0.05) is 5.21 Å². The minimum absolute atomic E-state index is 0.0380. The summed E-state index contributed by atoms with van der Waals surface area (Å²) in [6.07, 6.45) is 6.10. The molecule has 3 heterocycles. The lowest BCUT2D eigenvalue weighted by atomic mass is 10.4. The molecule has 1 N–H and O–H groups in total. The van der Waals surface area contributed by atoms with Gasteiger partial charge in [-0.2, -0.15) is 0 Å². The van der Waals surface area contributed by atoms with E-state index in [9.17, 15) is 4.79 Å². The molecule has 18 heavy (non-hydrogen) atoms. The number of aryl methyl sites for hydroxylation is 1. The number of nitrogens with zero attached hydrogens (tertiary/aromatic N) is 6. The predicted octanol–water partition coefficient (Wildman–Crippen LogP) is 0.317. The Balaban J connectivity index is 2.23. The maximum atomic E-state index is 10.8. The van der Waals surface area contributed by atoms with Gasteiger partial charge in [-0.3, -0.25) is 4.57 Å². The summed E-state index contributed by atoms with van der Waals surface area (Å²) >= 11 is 0. The maximum Gasteiger partial charge on any atom is 0.356 e. The number of hydrogen-bond acceptors (Lipinski definition) is 5.